The lowest BCUT2D eigenvalue weighted by Crippen LogP contribution is -2.26. The first-order chi connectivity index (χ1) is 10.1. The van der Waals surface area contributed by atoms with Crippen molar-refractivity contribution in [3.8, 4) is 5.75 Å². The van der Waals surface area contributed by atoms with Gasteiger partial charge in [-0.05, 0) is 24.1 Å². The van der Waals surface area contributed by atoms with Crippen molar-refractivity contribution in [2.24, 2.45) is 4.99 Å². The van der Waals surface area contributed by atoms with Crippen LogP contribution in [0.5, 0.6) is 5.75 Å². The number of hydrogen-bond acceptors (Lipinski definition) is 5. The van der Waals surface area contributed by atoms with Gasteiger partial charge < -0.3 is 10.4 Å². The summed E-state index contributed by atoms with van der Waals surface area (Å²) in [5.41, 5.74) is 1.15. The molecule has 4 nitrogen and oxygen atoms in total. The summed E-state index contributed by atoms with van der Waals surface area (Å²) in [6.45, 7) is 0. The van der Waals surface area contributed by atoms with Crippen LogP contribution in [0.4, 0.5) is 11.4 Å². The summed E-state index contributed by atoms with van der Waals surface area (Å²) < 4.78 is 3.00. The van der Waals surface area contributed by atoms with Crippen LogP contribution in [0.25, 0.3) is 0 Å². The minimum Gasteiger partial charge on any atom is -0.504 e. The second kappa shape index (κ2) is 5.85. The number of anilines is 1. The number of fused-ring (bicyclic) bond motifs is 1. The molecule has 1 aliphatic heterocycles. The van der Waals surface area contributed by atoms with Crippen molar-refractivity contribution in [3.05, 3.63) is 45.4 Å². The van der Waals surface area contributed by atoms with Crippen LogP contribution >= 0.6 is 46.8 Å². The molecule has 0 saturated heterocycles. The minimum absolute atomic E-state index is 0.00859. The second-order valence-electron chi connectivity index (χ2n) is 4.12. The molecule has 0 saturated carbocycles. The molecule has 8 heteroatoms. The van der Waals surface area contributed by atoms with Crippen molar-refractivity contribution < 1.29 is 5.11 Å². The highest BCUT2D eigenvalue weighted by atomic mass is 35.5. The third kappa shape index (κ3) is 2.74. The molecule has 1 aliphatic rings. The van der Waals surface area contributed by atoms with E-state index in [9.17, 15) is 5.11 Å². The van der Waals surface area contributed by atoms with E-state index >= 15 is 0 Å². The number of nitrogens with zero attached hydrogens (tertiary/aromatic N) is 1. The fourth-order valence-electron chi connectivity index (χ4n) is 1.76. The van der Waals surface area contributed by atoms with Crippen molar-refractivity contribution in [3.63, 3.8) is 0 Å². The molecular formula is C13H8Cl3N3OS. The Hall–Kier alpha value is -1.27. The van der Waals surface area contributed by atoms with Crippen LogP contribution in [-0.4, -0.2) is 11.1 Å². The van der Waals surface area contributed by atoms with E-state index in [0.29, 0.717) is 10.9 Å². The molecule has 0 bridgehead atoms. The number of para-hydroxylation sites is 1. The van der Waals surface area contributed by atoms with Crippen LogP contribution in [0.3, 0.4) is 0 Å². The fraction of sp³-hybridized carbons (Fsp3) is 0. The molecular weight excluding hydrogens is 353 g/mol. The Labute approximate surface area is 140 Å². The molecule has 3 rings (SSSR count). The molecule has 1 heterocycles. The molecule has 0 atom stereocenters. The largest absolute Gasteiger partial charge is 0.504 e. The predicted octanol–water partition coefficient (Wildman–Crippen LogP) is 5.06. The molecule has 0 unspecified atom stereocenters. The zero-order chi connectivity index (χ0) is 15.0. The first-order valence-corrected chi connectivity index (χ1v) is 7.76. The first-order valence-electron chi connectivity index (χ1n) is 5.81. The maximum absolute atomic E-state index is 10.1. The number of halogens is 3. The summed E-state index contributed by atoms with van der Waals surface area (Å²) in [6, 6.07) is 9.51. The van der Waals surface area contributed by atoms with Gasteiger partial charge >= 0.3 is 0 Å². The maximum Gasteiger partial charge on any atom is 0.211 e. The summed E-state index contributed by atoms with van der Waals surface area (Å²) in [5.74, 6) is 0.269. The summed E-state index contributed by atoms with van der Waals surface area (Å²) in [7, 11) is 0. The Kier molecular flexibility index (Phi) is 4.08. The lowest BCUT2D eigenvalue weighted by Gasteiger charge is -2.20. The highest BCUT2D eigenvalue weighted by Gasteiger charge is 2.25. The zero-order valence-corrected chi connectivity index (χ0v) is 13.4. The summed E-state index contributed by atoms with van der Waals surface area (Å²) >= 11 is 19.2. The van der Waals surface area contributed by atoms with Gasteiger partial charge in [0.2, 0.25) is 5.96 Å². The molecule has 108 valence electrons. The fourth-order valence-corrected chi connectivity index (χ4v) is 3.26. The zero-order valence-electron chi connectivity index (χ0n) is 10.3. The molecule has 0 fully saturated rings. The minimum atomic E-state index is -0.192. The van der Waals surface area contributed by atoms with E-state index in [2.05, 4.69) is 15.0 Å². The van der Waals surface area contributed by atoms with E-state index in [1.807, 2.05) is 30.3 Å². The monoisotopic (exact) mass is 359 g/mol. The highest BCUT2D eigenvalue weighted by Crippen LogP contribution is 2.51. The van der Waals surface area contributed by atoms with E-state index in [-0.39, 0.29) is 26.5 Å². The van der Waals surface area contributed by atoms with Gasteiger partial charge in [-0.3, -0.25) is 4.72 Å². The molecule has 0 amide bonds. The molecule has 3 N–H and O–H groups in total. The molecule has 0 aromatic heterocycles. The third-order valence-corrected chi connectivity index (χ3v) is 5.07. The summed E-state index contributed by atoms with van der Waals surface area (Å²) in [6.07, 6.45) is 0. The lowest BCUT2D eigenvalue weighted by molar-refractivity contribution is 0.475. The van der Waals surface area contributed by atoms with E-state index in [1.165, 1.54) is 11.9 Å². The molecule has 0 aliphatic carbocycles. The van der Waals surface area contributed by atoms with E-state index in [0.717, 1.165) is 5.69 Å². The number of hydrogen-bond donors (Lipinski definition) is 3. The molecule has 0 spiro atoms. The number of benzene rings is 2. The van der Waals surface area contributed by atoms with Gasteiger partial charge in [0.15, 0.2) is 5.75 Å². The van der Waals surface area contributed by atoms with Gasteiger partial charge in [0.1, 0.15) is 10.7 Å². The molecule has 21 heavy (non-hydrogen) atoms. The SMILES string of the molecule is Oc1c(Cl)c(Cl)c(Cl)c2c1N=C(Nc1ccccc1)NS2. The van der Waals surface area contributed by atoms with E-state index in [4.69, 9.17) is 34.8 Å². The first kappa shape index (κ1) is 14.7. The van der Waals surface area contributed by atoms with Crippen LogP contribution in [-0.2, 0) is 0 Å². The average molecular weight is 361 g/mol. The Morgan fingerprint density at radius 2 is 1.76 bits per heavy atom. The number of aliphatic imine (C=N–C) groups is 1. The second-order valence-corrected chi connectivity index (χ2v) is 6.07. The topological polar surface area (TPSA) is 56.7 Å². The maximum atomic E-state index is 10.1. The number of guanidine groups is 1. The smallest absolute Gasteiger partial charge is 0.211 e. The summed E-state index contributed by atoms with van der Waals surface area (Å²) in [5, 5.41) is 13.5. The Morgan fingerprint density at radius 1 is 1.05 bits per heavy atom. The Bertz CT molecular complexity index is 737. The molecule has 2 aromatic carbocycles. The van der Waals surface area contributed by atoms with E-state index < -0.39 is 0 Å². The van der Waals surface area contributed by atoms with Gasteiger partial charge in [0, 0.05) is 5.69 Å². The van der Waals surface area contributed by atoms with Crippen molar-refractivity contribution in [2.45, 2.75) is 4.90 Å². The van der Waals surface area contributed by atoms with Crippen molar-refractivity contribution in [1.29, 1.82) is 0 Å². The number of phenolic OH excluding ortho intramolecular Hbond substituents is 1. The average Bonchev–Trinajstić information content (AvgIpc) is 2.52. The van der Waals surface area contributed by atoms with Gasteiger partial charge in [0.25, 0.3) is 0 Å². The highest BCUT2D eigenvalue weighted by molar-refractivity contribution is 7.98. The normalized spacial score (nSPS) is 13.2. The van der Waals surface area contributed by atoms with Gasteiger partial charge in [-0.1, -0.05) is 53.0 Å². The molecule has 0 radical (unpaired) electrons. The quantitative estimate of drug-likeness (QED) is 0.491. The predicted molar refractivity (Wildman–Crippen MR) is 89.3 cm³/mol. The molecule has 2 aromatic rings. The standard InChI is InChI=1S/C13H8Cl3N3OS/c14-7-8(15)11(20)10-12(9(7)16)21-19-13(18-10)17-6-4-2-1-3-5-6/h1-5,20H,(H2,17,18,19). The van der Waals surface area contributed by atoms with Crippen LogP contribution in [0.1, 0.15) is 0 Å². The van der Waals surface area contributed by atoms with Crippen LogP contribution in [0.15, 0.2) is 40.2 Å². The number of rotatable bonds is 1. The van der Waals surface area contributed by atoms with Crippen LogP contribution in [0.2, 0.25) is 15.1 Å². The van der Waals surface area contributed by atoms with Gasteiger partial charge in [-0.2, -0.15) is 0 Å². The summed E-state index contributed by atoms with van der Waals surface area (Å²) in [4.78, 5) is 4.83. The number of aromatic hydroxyl groups is 1. The van der Waals surface area contributed by atoms with E-state index in [1.54, 1.807) is 0 Å². The van der Waals surface area contributed by atoms with Crippen molar-refractivity contribution in [1.82, 2.24) is 4.72 Å². The lowest BCUT2D eigenvalue weighted by atomic mass is 10.3. The van der Waals surface area contributed by atoms with Crippen LogP contribution < -0.4 is 10.0 Å². The van der Waals surface area contributed by atoms with Gasteiger partial charge in [0.05, 0.1) is 14.9 Å². The third-order valence-electron chi connectivity index (χ3n) is 2.74. The number of phenols is 1. The van der Waals surface area contributed by atoms with Gasteiger partial charge in [-0.15, -0.1) is 0 Å². The van der Waals surface area contributed by atoms with Gasteiger partial charge in [-0.25, -0.2) is 4.99 Å². The Morgan fingerprint density at radius 3 is 2.48 bits per heavy atom. The Balaban J connectivity index is 2.01. The van der Waals surface area contributed by atoms with Crippen LogP contribution in [0, 0.1) is 0 Å². The number of nitrogens with one attached hydrogen (secondary N) is 2. The van der Waals surface area contributed by atoms with Crippen molar-refractivity contribution in [2.75, 3.05) is 5.32 Å². The van der Waals surface area contributed by atoms with Crippen molar-refractivity contribution >= 4 is 64.1 Å².